The van der Waals surface area contributed by atoms with E-state index in [1.54, 1.807) is 6.07 Å². The van der Waals surface area contributed by atoms with Crippen molar-refractivity contribution in [2.24, 2.45) is 11.7 Å². The Kier molecular flexibility index (Phi) is 9.12. The first-order valence-corrected chi connectivity index (χ1v) is 13.0. The van der Waals surface area contributed by atoms with Crippen LogP contribution in [0.5, 0.6) is 5.75 Å². The lowest BCUT2D eigenvalue weighted by molar-refractivity contribution is -0.134. The zero-order chi connectivity index (χ0) is 24.6. The standard InChI is InChI=1S/C28H39FN4O2/c1-2-35-27-10-6-9-25(29)24(27)20-32-15-17-33(18-16-32)28(34)21-31-13-11-23(12-14-31)26(30)19-22-7-4-3-5-8-22/h3-10,23,26H,2,11-21,30H2,1H3. The number of piperidine rings is 1. The largest absolute Gasteiger partial charge is 0.493 e. The van der Waals surface area contributed by atoms with E-state index in [4.69, 9.17) is 10.5 Å². The van der Waals surface area contributed by atoms with Crippen LogP contribution in [0.1, 0.15) is 30.9 Å². The fourth-order valence-corrected chi connectivity index (χ4v) is 5.25. The van der Waals surface area contributed by atoms with Gasteiger partial charge < -0.3 is 15.4 Å². The number of nitrogens with two attached hydrogens (primary N) is 1. The summed E-state index contributed by atoms with van der Waals surface area (Å²) in [7, 11) is 0. The molecule has 2 aliphatic rings. The maximum Gasteiger partial charge on any atom is 0.236 e. The minimum Gasteiger partial charge on any atom is -0.493 e. The van der Waals surface area contributed by atoms with E-state index >= 15 is 0 Å². The van der Waals surface area contributed by atoms with Crippen LogP contribution in [0.3, 0.4) is 0 Å². The molecular formula is C28H39FN4O2. The molecule has 35 heavy (non-hydrogen) atoms. The van der Waals surface area contributed by atoms with E-state index in [-0.39, 0.29) is 17.8 Å². The topological polar surface area (TPSA) is 62.0 Å². The summed E-state index contributed by atoms with van der Waals surface area (Å²) in [5.74, 6) is 1.07. The maximum atomic E-state index is 14.4. The zero-order valence-corrected chi connectivity index (χ0v) is 20.9. The molecule has 4 rings (SSSR count). The number of amides is 1. The Morgan fingerprint density at radius 3 is 2.40 bits per heavy atom. The molecule has 2 aliphatic heterocycles. The van der Waals surface area contributed by atoms with Gasteiger partial charge in [0.25, 0.3) is 0 Å². The number of benzene rings is 2. The van der Waals surface area contributed by atoms with E-state index in [0.29, 0.717) is 50.0 Å². The lowest BCUT2D eigenvalue weighted by Crippen LogP contribution is -2.52. The second-order valence-electron chi connectivity index (χ2n) is 9.77. The van der Waals surface area contributed by atoms with E-state index in [2.05, 4.69) is 34.1 Å². The third-order valence-corrected chi connectivity index (χ3v) is 7.39. The van der Waals surface area contributed by atoms with E-state index in [0.717, 1.165) is 45.4 Å². The van der Waals surface area contributed by atoms with E-state index in [1.807, 2.05) is 24.0 Å². The Morgan fingerprint density at radius 2 is 1.71 bits per heavy atom. The number of piperazine rings is 1. The van der Waals surface area contributed by atoms with Crippen molar-refractivity contribution >= 4 is 5.91 Å². The average molecular weight is 483 g/mol. The molecule has 2 aromatic rings. The van der Waals surface area contributed by atoms with Crippen molar-refractivity contribution in [3.05, 3.63) is 65.5 Å². The first-order chi connectivity index (χ1) is 17.0. The Labute approximate surface area is 208 Å². The number of carbonyl (C=O) groups excluding carboxylic acids is 1. The minimum atomic E-state index is -0.235. The van der Waals surface area contributed by atoms with Crippen molar-refractivity contribution in [1.29, 1.82) is 0 Å². The highest BCUT2D eigenvalue weighted by Gasteiger charge is 2.28. The minimum absolute atomic E-state index is 0.168. The molecule has 1 amide bonds. The van der Waals surface area contributed by atoms with Gasteiger partial charge >= 0.3 is 0 Å². The van der Waals surface area contributed by atoms with Gasteiger partial charge in [-0.15, -0.1) is 0 Å². The highest BCUT2D eigenvalue weighted by atomic mass is 19.1. The number of hydrogen-bond donors (Lipinski definition) is 1. The third-order valence-electron chi connectivity index (χ3n) is 7.39. The van der Waals surface area contributed by atoms with E-state index in [9.17, 15) is 9.18 Å². The maximum absolute atomic E-state index is 14.4. The smallest absolute Gasteiger partial charge is 0.236 e. The number of carbonyl (C=O) groups is 1. The van der Waals surface area contributed by atoms with Crippen LogP contribution in [-0.4, -0.2) is 79.1 Å². The van der Waals surface area contributed by atoms with Crippen molar-refractivity contribution in [1.82, 2.24) is 14.7 Å². The molecular weight excluding hydrogens is 443 g/mol. The average Bonchev–Trinajstić information content (AvgIpc) is 2.87. The molecule has 2 fully saturated rings. The summed E-state index contributed by atoms with van der Waals surface area (Å²) < 4.78 is 20.0. The second kappa shape index (κ2) is 12.5. The number of nitrogens with zero attached hydrogens (tertiary/aromatic N) is 3. The summed E-state index contributed by atoms with van der Waals surface area (Å²) in [4.78, 5) is 19.4. The molecule has 2 N–H and O–H groups in total. The van der Waals surface area contributed by atoms with Crippen LogP contribution in [0.25, 0.3) is 0 Å². The quantitative estimate of drug-likeness (QED) is 0.595. The Bertz CT molecular complexity index is 941. The summed E-state index contributed by atoms with van der Waals surface area (Å²) in [6.07, 6.45) is 2.99. The molecule has 0 spiro atoms. The van der Waals surface area contributed by atoms with Gasteiger partial charge in [-0.05, 0) is 62.9 Å². The molecule has 1 unspecified atom stereocenters. The molecule has 7 heteroatoms. The molecule has 6 nitrogen and oxygen atoms in total. The number of ether oxygens (including phenoxy) is 1. The van der Waals surface area contributed by atoms with Crippen molar-refractivity contribution < 1.29 is 13.9 Å². The van der Waals surface area contributed by atoms with Crippen LogP contribution in [0.15, 0.2) is 48.5 Å². The molecule has 2 heterocycles. The second-order valence-corrected chi connectivity index (χ2v) is 9.77. The van der Waals surface area contributed by atoms with Gasteiger partial charge in [-0.1, -0.05) is 36.4 Å². The molecule has 0 bridgehead atoms. The van der Waals surface area contributed by atoms with Gasteiger partial charge in [-0.25, -0.2) is 4.39 Å². The first kappa shape index (κ1) is 25.6. The van der Waals surface area contributed by atoms with Gasteiger partial charge in [0, 0.05) is 44.3 Å². The van der Waals surface area contributed by atoms with Crippen molar-refractivity contribution in [3.8, 4) is 5.75 Å². The summed E-state index contributed by atoms with van der Waals surface area (Å²) in [6.45, 7) is 8.06. The number of hydrogen-bond acceptors (Lipinski definition) is 5. The fourth-order valence-electron chi connectivity index (χ4n) is 5.25. The van der Waals surface area contributed by atoms with Crippen LogP contribution in [-0.2, 0) is 17.8 Å². The molecule has 2 aromatic carbocycles. The monoisotopic (exact) mass is 482 g/mol. The van der Waals surface area contributed by atoms with Crippen molar-refractivity contribution in [2.45, 2.75) is 38.8 Å². The third kappa shape index (κ3) is 7.03. The molecule has 0 aromatic heterocycles. The van der Waals surface area contributed by atoms with Crippen LogP contribution < -0.4 is 10.5 Å². The molecule has 2 saturated heterocycles. The summed E-state index contributed by atoms with van der Waals surface area (Å²) in [6, 6.07) is 15.6. The van der Waals surface area contributed by atoms with Gasteiger partial charge in [-0.3, -0.25) is 14.6 Å². The normalized spacial score (nSPS) is 19.0. The van der Waals surface area contributed by atoms with Gasteiger partial charge in [0.15, 0.2) is 0 Å². The highest BCUT2D eigenvalue weighted by Crippen LogP contribution is 2.25. The van der Waals surface area contributed by atoms with E-state index in [1.165, 1.54) is 11.6 Å². The van der Waals surface area contributed by atoms with E-state index < -0.39 is 0 Å². The predicted octanol–water partition coefficient (Wildman–Crippen LogP) is 3.15. The summed E-state index contributed by atoms with van der Waals surface area (Å²) in [5, 5.41) is 0. The van der Waals surface area contributed by atoms with Crippen LogP contribution in [0, 0.1) is 11.7 Å². The number of rotatable bonds is 9. The number of likely N-dealkylation sites (tertiary alicyclic amines) is 1. The summed E-state index contributed by atoms with van der Waals surface area (Å²) in [5.41, 5.74) is 8.41. The summed E-state index contributed by atoms with van der Waals surface area (Å²) >= 11 is 0. The molecule has 190 valence electrons. The fraction of sp³-hybridized carbons (Fsp3) is 0.536. The number of halogens is 1. The van der Waals surface area contributed by atoms with Crippen molar-refractivity contribution in [3.63, 3.8) is 0 Å². The van der Waals surface area contributed by atoms with Crippen molar-refractivity contribution in [2.75, 3.05) is 52.4 Å². The Hall–Kier alpha value is -2.48. The predicted molar refractivity (Wildman–Crippen MR) is 137 cm³/mol. The van der Waals surface area contributed by atoms with Crippen LogP contribution >= 0.6 is 0 Å². The van der Waals surface area contributed by atoms with Crippen LogP contribution in [0.4, 0.5) is 4.39 Å². The first-order valence-electron chi connectivity index (χ1n) is 13.0. The molecule has 0 saturated carbocycles. The lowest BCUT2D eigenvalue weighted by atomic mass is 9.86. The highest BCUT2D eigenvalue weighted by molar-refractivity contribution is 5.78. The zero-order valence-electron chi connectivity index (χ0n) is 20.9. The molecule has 1 atom stereocenters. The Balaban J connectivity index is 1.19. The lowest BCUT2D eigenvalue weighted by Gasteiger charge is -2.38. The van der Waals surface area contributed by atoms with Crippen LogP contribution in [0.2, 0.25) is 0 Å². The Morgan fingerprint density at radius 1 is 1.00 bits per heavy atom. The van der Waals surface area contributed by atoms with Gasteiger partial charge in [0.1, 0.15) is 11.6 Å². The van der Waals surface area contributed by atoms with Gasteiger partial charge in [0.2, 0.25) is 5.91 Å². The van der Waals surface area contributed by atoms with Gasteiger partial charge in [0.05, 0.1) is 13.2 Å². The molecule has 0 aliphatic carbocycles. The molecule has 0 radical (unpaired) electrons. The SMILES string of the molecule is CCOc1cccc(F)c1CN1CCN(C(=O)CN2CCC(C(N)Cc3ccccc3)CC2)CC1. The van der Waals surface area contributed by atoms with Gasteiger partial charge in [-0.2, -0.15) is 0 Å².